The van der Waals surface area contributed by atoms with E-state index in [9.17, 15) is 14.4 Å². The Balaban J connectivity index is 2.01. The number of carbonyl (C=O) groups excluding carboxylic acids is 3. The van der Waals surface area contributed by atoms with Crippen molar-refractivity contribution < 1.29 is 19.1 Å². The standard InChI is InChI=1S/C19H22Cl2N4O4/c1-11-15(16(21)25(24-11)9-12-7-5-6-8-13(12)20)17(27)29-10-14(26)22-18(28)23-19(2,3)4/h5-8H,9-10H2,1-4H3,(H2,22,23,26,28). The molecule has 1 aromatic heterocycles. The summed E-state index contributed by atoms with van der Waals surface area (Å²) < 4.78 is 6.40. The fourth-order valence-corrected chi connectivity index (χ4v) is 2.92. The fourth-order valence-electron chi connectivity index (χ4n) is 2.42. The lowest BCUT2D eigenvalue weighted by Crippen LogP contribution is -2.49. The first-order chi connectivity index (χ1) is 13.5. The lowest BCUT2D eigenvalue weighted by molar-refractivity contribution is -0.123. The number of hydrogen-bond donors (Lipinski definition) is 2. The fraction of sp³-hybridized carbons (Fsp3) is 0.368. The minimum atomic E-state index is -0.815. The van der Waals surface area contributed by atoms with E-state index >= 15 is 0 Å². The van der Waals surface area contributed by atoms with Crippen molar-refractivity contribution in [1.82, 2.24) is 20.4 Å². The molecule has 8 nitrogen and oxygen atoms in total. The Labute approximate surface area is 178 Å². The van der Waals surface area contributed by atoms with Crippen LogP contribution in [0, 0.1) is 6.92 Å². The number of ether oxygens (including phenoxy) is 1. The molecule has 1 heterocycles. The molecule has 0 saturated carbocycles. The molecule has 156 valence electrons. The van der Waals surface area contributed by atoms with Crippen molar-refractivity contribution in [3.05, 3.63) is 51.3 Å². The van der Waals surface area contributed by atoms with Crippen molar-refractivity contribution in [3.8, 4) is 0 Å². The number of carbonyl (C=O) groups is 3. The Hall–Kier alpha value is -2.58. The topological polar surface area (TPSA) is 102 Å². The van der Waals surface area contributed by atoms with Crippen LogP contribution in [0.5, 0.6) is 0 Å². The number of aromatic nitrogens is 2. The quantitative estimate of drug-likeness (QED) is 0.694. The number of urea groups is 1. The van der Waals surface area contributed by atoms with E-state index in [0.29, 0.717) is 10.7 Å². The van der Waals surface area contributed by atoms with Crippen LogP contribution in [0.3, 0.4) is 0 Å². The Kier molecular flexibility index (Phi) is 7.26. The number of nitrogens with zero attached hydrogens (tertiary/aromatic N) is 2. The van der Waals surface area contributed by atoms with Crippen LogP contribution in [-0.4, -0.2) is 39.8 Å². The van der Waals surface area contributed by atoms with Gasteiger partial charge in [-0.05, 0) is 39.3 Å². The van der Waals surface area contributed by atoms with Crippen LogP contribution in [0.15, 0.2) is 24.3 Å². The van der Waals surface area contributed by atoms with Gasteiger partial charge < -0.3 is 10.1 Å². The molecule has 10 heteroatoms. The second-order valence-electron chi connectivity index (χ2n) is 7.33. The van der Waals surface area contributed by atoms with Crippen molar-refractivity contribution in [1.29, 1.82) is 0 Å². The minimum absolute atomic E-state index is 0.0469. The molecular weight excluding hydrogens is 419 g/mol. The third-order valence-corrected chi connectivity index (χ3v) is 4.38. The molecule has 3 amide bonds. The maximum absolute atomic E-state index is 12.4. The molecule has 0 unspecified atom stereocenters. The summed E-state index contributed by atoms with van der Waals surface area (Å²) >= 11 is 12.4. The number of rotatable bonds is 5. The van der Waals surface area contributed by atoms with E-state index in [-0.39, 0.29) is 17.3 Å². The highest BCUT2D eigenvalue weighted by Gasteiger charge is 2.23. The predicted octanol–water partition coefficient (Wildman–Crippen LogP) is 3.33. The Morgan fingerprint density at radius 3 is 2.45 bits per heavy atom. The molecule has 0 aliphatic carbocycles. The summed E-state index contributed by atoms with van der Waals surface area (Å²) in [4.78, 5) is 35.9. The van der Waals surface area contributed by atoms with E-state index < -0.39 is 30.1 Å². The lowest BCUT2D eigenvalue weighted by atomic mass is 10.1. The molecule has 0 aliphatic rings. The van der Waals surface area contributed by atoms with Gasteiger partial charge in [-0.25, -0.2) is 14.3 Å². The second-order valence-corrected chi connectivity index (χ2v) is 8.09. The van der Waals surface area contributed by atoms with Gasteiger partial charge in [0.2, 0.25) is 0 Å². The average molecular weight is 441 g/mol. The molecule has 1 aromatic carbocycles. The van der Waals surface area contributed by atoms with Crippen molar-refractivity contribution in [2.75, 3.05) is 6.61 Å². The van der Waals surface area contributed by atoms with Gasteiger partial charge in [0.05, 0.1) is 12.2 Å². The average Bonchev–Trinajstić information content (AvgIpc) is 2.87. The zero-order chi connectivity index (χ0) is 21.8. The van der Waals surface area contributed by atoms with Gasteiger partial charge in [-0.2, -0.15) is 5.10 Å². The van der Waals surface area contributed by atoms with E-state index in [1.165, 1.54) is 4.68 Å². The Bertz CT molecular complexity index is 935. The van der Waals surface area contributed by atoms with Crippen LogP contribution < -0.4 is 10.6 Å². The van der Waals surface area contributed by atoms with E-state index in [1.54, 1.807) is 39.8 Å². The van der Waals surface area contributed by atoms with Gasteiger partial charge in [0, 0.05) is 10.6 Å². The molecule has 29 heavy (non-hydrogen) atoms. The van der Waals surface area contributed by atoms with E-state index in [1.807, 2.05) is 12.1 Å². The minimum Gasteiger partial charge on any atom is -0.452 e. The maximum atomic E-state index is 12.4. The Morgan fingerprint density at radius 2 is 1.83 bits per heavy atom. The number of aryl methyl sites for hydroxylation is 1. The summed E-state index contributed by atoms with van der Waals surface area (Å²) in [5, 5.41) is 9.50. The first-order valence-electron chi connectivity index (χ1n) is 8.73. The van der Waals surface area contributed by atoms with Gasteiger partial charge in [0.15, 0.2) is 6.61 Å². The van der Waals surface area contributed by atoms with Gasteiger partial charge in [-0.3, -0.25) is 10.1 Å². The number of benzene rings is 1. The normalized spacial score (nSPS) is 11.1. The summed E-state index contributed by atoms with van der Waals surface area (Å²) in [7, 11) is 0. The van der Waals surface area contributed by atoms with Crippen LogP contribution >= 0.6 is 23.2 Å². The molecule has 0 atom stereocenters. The lowest BCUT2D eigenvalue weighted by Gasteiger charge is -2.20. The molecular formula is C19H22Cl2N4O4. The highest BCUT2D eigenvalue weighted by molar-refractivity contribution is 6.33. The zero-order valence-electron chi connectivity index (χ0n) is 16.5. The summed E-state index contributed by atoms with van der Waals surface area (Å²) in [5.74, 6) is -1.58. The summed E-state index contributed by atoms with van der Waals surface area (Å²) in [6.45, 7) is 6.52. The van der Waals surface area contributed by atoms with Crippen LogP contribution in [-0.2, 0) is 16.1 Å². The third-order valence-electron chi connectivity index (χ3n) is 3.62. The van der Waals surface area contributed by atoms with Gasteiger partial charge in [-0.1, -0.05) is 41.4 Å². The van der Waals surface area contributed by atoms with Crippen molar-refractivity contribution in [2.24, 2.45) is 0 Å². The summed E-state index contributed by atoms with van der Waals surface area (Å²) in [6, 6.07) is 6.51. The van der Waals surface area contributed by atoms with E-state index in [2.05, 4.69) is 15.7 Å². The first-order valence-corrected chi connectivity index (χ1v) is 9.49. The zero-order valence-corrected chi connectivity index (χ0v) is 18.0. The number of esters is 1. The van der Waals surface area contributed by atoms with E-state index in [0.717, 1.165) is 5.56 Å². The van der Waals surface area contributed by atoms with Gasteiger partial charge in [-0.15, -0.1) is 0 Å². The van der Waals surface area contributed by atoms with Crippen molar-refractivity contribution >= 4 is 41.1 Å². The Morgan fingerprint density at radius 1 is 1.17 bits per heavy atom. The van der Waals surface area contributed by atoms with Crippen molar-refractivity contribution in [2.45, 2.75) is 39.8 Å². The van der Waals surface area contributed by atoms with Crippen LogP contribution in [0.2, 0.25) is 10.2 Å². The second kappa shape index (κ2) is 9.28. The number of hydrogen-bond acceptors (Lipinski definition) is 5. The van der Waals surface area contributed by atoms with Gasteiger partial charge in [0.1, 0.15) is 10.7 Å². The van der Waals surface area contributed by atoms with Crippen LogP contribution in [0.25, 0.3) is 0 Å². The molecule has 0 fully saturated rings. The van der Waals surface area contributed by atoms with E-state index in [4.69, 9.17) is 27.9 Å². The third kappa shape index (κ3) is 6.47. The molecule has 0 spiro atoms. The molecule has 2 rings (SSSR count). The highest BCUT2D eigenvalue weighted by Crippen LogP contribution is 2.24. The number of imide groups is 1. The SMILES string of the molecule is Cc1nn(Cc2ccccc2Cl)c(Cl)c1C(=O)OCC(=O)NC(=O)NC(C)(C)C. The molecule has 0 aliphatic heterocycles. The number of nitrogens with one attached hydrogen (secondary N) is 2. The maximum Gasteiger partial charge on any atom is 0.343 e. The summed E-state index contributed by atoms with van der Waals surface area (Å²) in [5.41, 5.74) is 0.661. The van der Waals surface area contributed by atoms with Gasteiger partial charge >= 0.3 is 12.0 Å². The molecule has 0 saturated heterocycles. The highest BCUT2D eigenvalue weighted by atomic mass is 35.5. The number of amides is 3. The van der Waals surface area contributed by atoms with Crippen LogP contribution in [0.1, 0.15) is 42.4 Å². The molecule has 0 bridgehead atoms. The molecule has 2 aromatic rings. The predicted molar refractivity (Wildman–Crippen MR) is 109 cm³/mol. The molecule has 0 radical (unpaired) electrons. The number of halogens is 2. The largest absolute Gasteiger partial charge is 0.452 e. The van der Waals surface area contributed by atoms with Crippen LogP contribution in [0.4, 0.5) is 4.79 Å². The summed E-state index contributed by atoms with van der Waals surface area (Å²) in [6.07, 6.45) is 0. The smallest absolute Gasteiger partial charge is 0.343 e. The molecule has 2 N–H and O–H groups in total. The monoisotopic (exact) mass is 440 g/mol. The first kappa shape index (κ1) is 22.7. The van der Waals surface area contributed by atoms with Crippen molar-refractivity contribution in [3.63, 3.8) is 0 Å². The van der Waals surface area contributed by atoms with Gasteiger partial charge in [0.25, 0.3) is 5.91 Å².